The fourth-order valence-corrected chi connectivity index (χ4v) is 3.58. The molecule has 7 heteroatoms. The van der Waals surface area contributed by atoms with Crippen LogP contribution in [0.25, 0.3) is 5.57 Å². The normalized spacial score (nSPS) is 14.1. The predicted molar refractivity (Wildman–Crippen MR) is 116 cm³/mol. The van der Waals surface area contributed by atoms with E-state index in [9.17, 15) is 14.4 Å². The number of aliphatic hydroxyl groups excluding tert-OH is 1. The van der Waals surface area contributed by atoms with E-state index in [0.717, 1.165) is 10.5 Å². The van der Waals surface area contributed by atoms with Crippen LogP contribution in [0.1, 0.15) is 31.4 Å². The number of benzene rings is 2. The van der Waals surface area contributed by atoms with Crippen LogP contribution in [0.3, 0.4) is 0 Å². The van der Waals surface area contributed by atoms with Gasteiger partial charge in [0.2, 0.25) is 5.91 Å². The standard InChI is InChI=1S/C23H23ClN2O4/c1-14(2)25-20(28)13-19-21(16-4-3-5-17(24)12-16)23(30)26(22(19)29)18-8-6-15(7-9-18)10-11-27/h3-9,12,14,27H,10-11,13H2,1-2H3,(H,25,28). The number of carbonyl (C=O) groups is 3. The monoisotopic (exact) mass is 426 g/mol. The smallest absolute Gasteiger partial charge is 0.266 e. The van der Waals surface area contributed by atoms with Crippen molar-refractivity contribution in [2.24, 2.45) is 0 Å². The Labute approximate surface area is 180 Å². The van der Waals surface area contributed by atoms with Crippen LogP contribution in [0.2, 0.25) is 5.02 Å². The second-order valence-corrected chi connectivity index (χ2v) is 7.79. The molecule has 156 valence electrons. The van der Waals surface area contributed by atoms with Crippen molar-refractivity contribution in [1.82, 2.24) is 5.32 Å². The molecule has 0 radical (unpaired) electrons. The van der Waals surface area contributed by atoms with Crippen molar-refractivity contribution in [3.05, 3.63) is 70.3 Å². The molecule has 0 saturated heterocycles. The third kappa shape index (κ3) is 4.61. The van der Waals surface area contributed by atoms with Crippen molar-refractivity contribution in [1.29, 1.82) is 0 Å². The average Bonchev–Trinajstić information content (AvgIpc) is 2.92. The molecule has 1 heterocycles. The van der Waals surface area contributed by atoms with Crippen molar-refractivity contribution in [3.63, 3.8) is 0 Å². The molecule has 30 heavy (non-hydrogen) atoms. The zero-order valence-electron chi connectivity index (χ0n) is 16.8. The molecular weight excluding hydrogens is 404 g/mol. The summed E-state index contributed by atoms with van der Waals surface area (Å²) in [7, 11) is 0. The minimum absolute atomic E-state index is 0.0104. The van der Waals surface area contributed by atoms with Gasteiger partial charge in [0.15, 0.2) is 0 Å². The van der Waals surface area contributed by atoms with Crippen LogP contribution in [0, 0.1) is 0 Å². The van der Waals surface area contributed by atoms with Gasteiger partial charge in [-0.25, -0.2) is 4.90 Å². The van der Waals surface area contributed by atoms with Crippen LogP contribution in [-0.4, -0.2) is 35.5 Å². The number of nitrogens with one attached hydrogen (secondary N) is 1. The Morgan fingerprint density at radius 1 is 1.10 bits per heavy atom. The van der Waals surface area contributed by atoms with E-state index in [0.29, 0.717) is 22.7 Å². The van der Waals surface area contributed by atoms with Gasteiger partial charge in [-0.2, -0.15) is 0 Å². The summed E-state index contributed by atoms with van der Waals surface area (Å²) in [4.78, 5) is 40.0. The summed E-state index contributed by atoms with van der Waals surface area (Å²) < 4.78 is 0. The summed E-state index contributed by atoms with van der Waals surface area (Å²) >= 11 is 6.10. The zero-order valence-corrected chi connectivity index (χ0v) is 17.6. The number of amides is 3. The number of imide groups is 1. The lowest BCUT2D eigenvalue weighted by Crippen LogP contribution is -2.33. The van der Waals surface area contributed by atoms with Gasteiger partial charge < -0.3 is 10.4 Å². The molecule has 1 aliphatic rings. The highest BCUT2D eigenvalue weighted by Crippen LogP contribution is 2.35. The first-order valence-electron chi connectivity index (χ1n) is 9.69. The summed E-state index contributed by atoms with van der Waals surface area (Å²) in [5, 5.41) is 12.3. The van der Waals surface area contributed by atoms with Crippen LogP contribution in [0.15, 0.2) is 54.1 Å². The highest BCUT2D eigenvalue weighted by Gasteiger charge is 2.40. The molecule has 2 aromatic rings. The van der Waals surface area contributed by atoms with E-state index in [1.807, 2.05) is 13.8 Å². The minimum Gasteiger partial charge on any atom is -0.396 e. The summed E-state index contributed by atoms with van der Waals surface area (Å²) in [6.07, 6.45) is 0.276. The van der Waals surface area contributed by atoms with Crippen LogP contribution in [0.4, 0.5) is 5.69 Å². The number of anilines is 1. The molecule has 0 spiro atoms. The van der Waals surface area contributed by atoms with Crippen LogP contribution < -0.4 is 10.2 Å². The Hall–Kier alpha value is -2.96. The number of halogens is 1. The molecule has 2 aromatic carbocycles. The summed E-state index contributed by atoms with van der Waals surface area (Å²) in [5.74, 6) is -1.35. The molecular formula is C23H23ClN2O4. The quantitative estimate of drug-likeness (QED) is 0.666. The molecule has 0 aliphatic carbocycles. The van der Waals surface area contributed by atoms with Gasteiger partial charge in [-0.1, -0.05) is 35.9 Å². The number of aliphatic hydroxyl groups is 1. The molecule has 0 atom stereocenters. The molecule has 1 aliphatic heterocycles. The Kier molecular flexibility index (Phi) is 6.70. The Morgan fingerprint density at radius 2 is 1.80 bits per heavy atom. The van der Waals surface area contributed by atoms with E-state index in [-0.39, 0.29) is 36.1 Å². The zero-order chi connectivity index (χ0) is 21.8. The number of rotatable bonds is 7. The lowest BCUT2D eigenvalue weighted by molar-refractivity contribution is -0.123. The molecule has 0 unspecified atom stereocenters. The van der Waals surface area contributed by atoms with Gasteiger partial charge in [0.1, 0.15) is 0 Å². The maximum absolute atomic E-state index is 13.3. The maximum atomic E-state index is 13.3. The van der Waals surface area contributed by atoms with Crippen LogP contribution in [0.5, 0.6) is 0 Å². The lowest BCUT2D eigenvalue weighted by Gasteiger charge is -2.16. The van der Waals surface area contributed by atoms with Gasteiger partial charge >= 0.3 is 0 Å². The van der Waals surface area contributed by atoms with Gasteiger partial charge in [0.25, 0.3) is 11.8 Å². The lowest BCUT2D eigenvalue weighted by atomic mass is 9.99. The van der Waals surface area contributed by atoms with Crippen molar-refractivity contribution in [2.45, 2.75) is 32.7 Å². The number of hydrogen-bond acceptors (Lipinski definition) is 4. The first-order valence-corrected chi connectivity index (χ1v) is 10.1. The highest BCUT2D eigenvalue weighted by molar-refractivity contribution is 6.46. The second kappa shape index (κ2) is 9.24. The summed E-state index contributed by atoms with van der Waals surface area (Å²) in [6.45, 7) is 3.66. The van der Waals surface area contributed by atoms with E-state index < -0.39 is 11.8 Å². The van der Waals surface area contributed by atoms with Crippen molar-refractivity contribution in [3.8, 4) is 0 Å². The van der Waals surface area contributed by atoms with Gasteiger partial charge in [-0.05, 0) is 55.7 Å². The van der Waals surface area contributed by atoms with Gasteiger partial charge in [0, 0.05) is 23.2 Å². The predicted octanol–water partition coefficient (Wildman–Crippen LogP) is 3.12. The first-order chi connectivity index (χ1) is 14.3. The Morgan fingerprint density at radius 3 is 2.40 bits per heavy atom. The topological polar surface area (TPSA) is 86.7 Å². The number of hydrogen-bond donors (Lipinski definition) is 2. The van der Waals surface area contributed by atoms with Gasteiger partial charge in [-0.3, -0.25) is 14.4 Å². The molecule has 0 aromatic heterocycles. The van der Waals surface area contributed by atoms with Crippen molar-refractivity contribution in [2.75, 3.05) is 11.5 Å². The van der Waals surface area contributed by atoms with Gasteiger partial charge in [-0.15, -0.1) is 0 Å². The van der Waals surface area contributed by atoms with E-state index in [1.165, 1.54) is 0 Å². The van der Waals surface area contributed by atoms with E-state index in [1.54, 1.807) is 48.5 Å². The third-order valence-corrected chi connectivity index (χ3v) is 4.91. The van der Waals surface area contributed by atoms with Crippen LogP contribution >= 0.6 is 11.6 Å². The van der Waals surface area contributed by atoms with Crippen molar-refractivity contribution >= 4 is 40.6 Å². The molecule has 3 amide bonds. The van der Waals surface area contributed by atoms with E-state index >= 15 is 0 Å². The molecule has 3 rings (SSSR count). The van der Waals surface area contributed by atoms with Crippen LogP contribution in [-0.2, 0) is 20.8 Å². The molecule has 0 bridgehead atoms. The van der Waals surface area contributed by atoms with Crippen molar-refractivity contribution < 1.29 is 19.5 Å². The first kappa shape index (κ1) is 21.7. The van der Waals surface area contributed by atoms with E-state index in [2.05, 4.69) is 5.32 Å². The maximum Gasteiger partial charge on any atom is 0.266 e. The van der Waals surface area contributed by atoms with E-state index in [4.69, 9.17) is 16.7 Å². The Bertz CT molecular complexity index is 1010. The number of carbonyl (C=O) groups excluding carboxylic acids is 3. The number of nitrogens with zero attached hydrogens (tertiary/aromatic N) is 1. The second-order valence-electron chi connectivity index (χ2n) is 7.35. The Balaban J connectivity index is 2.02. The summed E-state index contributed by atoms with van der Waals surface area (Å²) in [5.41, 5.74) is 2.11. The minimum atomic E-state index is -0.524. The highest BCUT2D eigenvalue weighted by atomic mass is 35.5. The molecule has 0 fully saturated rings. The largest absolute Gasteiger partial charge is 0.396 e. The van der Waals surface area contributed by atoms with Gasteiger partial charge in [0.05, 0.1) is 17.7 Å². The summed E-state index contributed by atoms with van der Waals surface area (Å²) in [6, 6.07) is 13.4. The fourth-order valence-electron chi connectivity index (χ4n) is 3.39. The fraction of sp³-hybridized carbons (Fsp3) is 0.261. The molecule has 2 N–H and O–H groups in total. The average molecular weight is 427 g/mol. The molecule has 6 nitrogen and oxygen atoms in total. The molecule has 0 saturated carbocycles. The SMILES string of the molecule is CC(C)NC(=O)CC1=C(c2cccc(Cl)c2)C(=O)N(c2ccc(CCO)cc2)C1=O. The third-order valence-electron chi connectivity index (χ3n) is 4.68.